The van der Waals surface area contributed by atoms with Crippen molar-refractivity contribution in [3.05, 3.63) is 59.9 Å². The van der Waals surface area contributed by atoms with E-state index in [0.29, 0.717) is 32.7 Å². The van der Waals surface area contributed by atoms with Crippen LogP contribution in [0, 0.1) is 5.82 Å². The minimum atomic E-state index is -0.257. The normalized spacial score (nSPS) is 13.9. The van der Waals surface area contributed by atoms with Gasteiger partial charge in [-0.1, -0.05) is 12.1 Å². The Bertz CT molecular complexity index is 816. The zero-order valence-corrected chi connectivity index (χ0v) is 16.6. The first kappa shape index (κ1) is 20.6. The Kier molecular flexibility index (Phi) is 7.05. The van der Waals surface area contributed by atoms with E-state index in [2.05, 4.69) is 10.2 Å². The van der Waals surface area contributed by atoms with Crippen molar-refractivity contribution in [1.29, 1.82) is 0 Å². The third-order valence-corrected chi connectivity index (χ3v) is 5.04. The van der Waals surface area contributed by atoms with E-state index < -0.39 is 0 Å². The lowest BCUT2D eigenvalue weighted by atomic mass is 10.2. The molecule has 0 atom stereocenters. The van der Waals surface area contributed by atoms with Gasteiger partial charge in [-0.25, -0.2) is 4.39 Å². The fourth-order valence-electron chi connectivity index (χ4n) is 3.28. The summed E-state index contributed by atoms with van der Waals surface area (Å²) in [5.74, 6) is 0.362. The summed E-state index contributed by atoms with van der Waals surface area (Å²) in [4.78, 5) is 28.4. The lowest BCUT2D eigenvalue weighted by Crippen LogP contribution is -2.48. The number of piperazine rings is 1. The van der Waals surface area contributed by atoms with Crippen LogP contribution in [0.4, 0.5) is 10.1 Å². The summed E-state index contributed by atoms with van der Waals surface area (Å²) in [6.07, 6.45) is 0.373. The van der Waals surface area contributed by atoms with Gasteiger partial charge in [-0.3, -0.25) is 9.59 Å². The van der Waals surface area contributed by atoms with Gasteiger partial charge in [0, 0.05) is 51.3 Å². The fourth-order valence-corrected chi connectivity index (χ4v) is 3.28. The summed E-state index contributed by atoms with van der Waals surface area (Å²) in [6, 6.07) is 13.9. The second-order valence-corrected chi connectivity index (χ2v) is 6.97. The molecule has 29 heavy (non-hydrogen) atoms. The van der Waals surface area contributed by atoms with Gasteiger partial charge in [-0.15, -0.1) is 0 Å². The number of benzene rings is 2. The fraction of sp³-hybridized carbons (Fsp3) is 0.364. The molecule has 1 fully saturated rings. The van der Waals surface area contributed by atoms with Crippen LogP contribution < -0.4 is 15.0 Å². The first-order valence-corrected chi connectivity index (χ1v) is 9.73. The van der Waals surface area contributed by atoms with Gasteiger partial charge in [0.05, 0.1) is 7.11 Å². The molecule has 0 aromatic heterocycles. The van der Waals surface area contributed by atoms with Gasteiger partial charge in [-0.2, -0.15) is 0 Å². The van der Waals surface area contributed by atoms with Crippen LogP contribution in [0.5, 0.6) is 5.75 Å². The Morgan fingerprint density at radius 3 is 2.24 bits per heavy atom. The molecule has 1 saturated heterocycles. The lowest BCUT2D eigenvalue weighted by Gasteiger charge is -2.36. The monoisotopic (exact) mass is 399 g/mol. The maximum Gasteiger partial charge on any atom is 0.223 e. The summed E-state index contributed by atoms with van der Waals surface area (Å²) < 4.78 is 18.2. The molecular formula is C22H26FN3O3. The number of ether oxygens (including phenoxy) is 1. The highest BCUT2D eigenvalue weighted by Gasteiger charge is 2.21. The van der Waals surface area contributed by atoms with Crippen molar-refractivity contribution in [3.63, 3.8) is 0 Å². The smallest absolute Gasteiger partial charge is 0.223 e. The van der Waals surface area contributed by atoms with Crippen LogP contribution in [0.25, 0.3) is 0 Å². The van der Waals surface area contributed by atoms with Crippen molar-refractivity contribution in [3.8, 4) is 5.75 Å². The number of anilines is 1. The van der Waals surface area contributed by atoms with Gasteiger partial charge < -0.3 is 19.9 Å². The Hall–Kier alpha value is -3.09. The molecule has 1 N–H and O–H groups in total. The van der Waals surface area contributed by atoms with E-state index in [1.165, 1.54) is 12.1 Å². The van der Waals surface area contributed by atoms with Crippen LogP contribution in [0.2, 0.25) is 0 Å². The van der Waals surface area contributed by atoms with E-state index in [4.69, 9.17) is 4.74 Å². The number of nitrogens with zero attached hydrogens (tertiary/aromatic N) is 2. The maximum atomic E-state index is 13.0. The highest BCUT2D eigenvalue weighted by Crippen LogP contribution is 2.17. The Morgan fingerprint density at radius 1 is 0.966 bits per heavy atom. The Morgan fingerprint density at radius 2 is 1.62 bits per heavy atom. The molecule has 1 heterocycles. The molecule has 154 valence electrons. The Labute approximate surface area is 170 Å². The molecule has 2 aromatic rings. The number of halogens is 1. The first-order valence-electron chi connectivity index (χ1n) is 9.73. The molecule has 3 rings (SSSR count). The van der Waals surface area contributed by atoms with Crippen LogP contribution in [-0.4, -0.2) is 50.0 Å². The lowest BCUT2D eigenvalue weighted by molar-refractivity contribution is -0.133. The van der Waals surface area contributed by atoms with Gasteiger partial charge in [-0.05, 0) is 42.0 Å². The minimum absolute atomic E-state index is 0.0108. The number of hydrogen-bond acceptors (Lipinski definition) is 4. The van der Waals surface area contributed by atoms with Crippen molar-refractivity contribution < 1.29 is 18.7 Å². The average Bonchev–Trinajstić information content (AvgIpc) is 2.77. The van der Waals surface area contributed by atoms with Crippen LogP contribution >= 0.6 is 0 Å². The summed E-state index contributed by atoms with van der Waals surface area (Å²) in [5.41, 5.74) is 1.93. The summed E-state index contributed by atoms with van der Waals surface area (Å²) in [5, 5.41) is 2.84. The number of rotatable bonds is 7. The van der Waals surface area contributed by atoms with E-state index in [9.17, 15) is 14.0 Å². The number of carbonyl (C=O) groups excluding carboxylic acids is 2. The molecule has 6 nitrogen and oxygen atoms in total. The van der Waals surface area contributed by atoms with E-state index in [1.54, 1.807) is 24.1 Å². The topological polar surface area (TPSA) is 61.9 Å². The van der Waals surface area contributed by atoms with E-state index in [0.717, 1.165) is 17.0 Å². The van der Waals surface area contributed by atoms with Crippen LogP contribution in [-0.2, 0) is 16.1 Å². The van der Waals surface area contributed by atoms with Gasteiger partial charge >= 0.3 is 0 Å². The number of hydrogen-bond donors (Lipinski definition) is 1. The largest absolute Gasteiger partial charge is 0.497 e. The van der Waals surface area contributed by atoms with E-state index in [-0.39, 0.29) is 30.5 Å². The molecule has 1 aliphatic heterocycles. The molecule has 0 spiro atoms. The number of carbonyl (C=O) groups is 2. The highest BCUT2D eigenvalue weighted by molar-refractivity contribution is 5.83. The van der Waals surface area contributed by atoms with Crippen molar-refractivity contribution in [1.82, 2.24) is 10.2 Å². The van der Waals surface area contributed by atoms with Crippen LogP contribution in [0.1, 0.15) is 18.4 Å². The quantitative estimate of drug-likeness (QED) is 0.778. The third kappa shape index (κ3) is 5.94. The Balaban J connectivity index is 1.37. The zero-order chi connectivity index (χ0) is 20.6. The SMILES string of the molecule is COc1ccc(CNC(=O)CCC(=O)N2CCN(c3ccc(F)cc3)CC2)cc1. The van der Waals surface area contributed by atoms with Gasteiger partial charge in [0.15, 0.2) is 0 Å². The molecule has 1 aliphatic rings. The molecule has 2 amide bonds. The molecule has 0 saturated carbocycles. The molecule has 7 heteroatoms. The van der Waals surface area contributed by atoms with Crippen molar-refractivity contribution in [2.75, 3.05) is 38.2 Å². The van der Waals surface area contributed by atoms with Gasteiger partial charge in [0.2, 0.25) is 11.8 Å². The summed E-state index contributed by atoms with van der Waals surface area (Å²) >= 11 is 0. The summed E-state index contributed by atoms with van der Waals surface area (Å²) in [7, 11) is 1.61. The molecule has 0 unspecified atom stereocenters. The molecular weight excluding hydrogens is 373 g/mol. The predicted octanol–water partition coefficient (Wildman–Crippen LogP) is 2.58. The van der Waals surface area contributed by atoms with Crippen molar-refractivity contribution in [2.45, 2.75) is 19.4 Å². The molecule has 2 aromatic carbocycles. The van der Waals surface area contributed by atoms with Crippen LogP contribution in [0.15, 0.2) is 48.5 Å². The summed E-state index contributed by atoms with van der Waals surface area (Å²) in [6.45, 7) is 3.02. The molecule has 0 radical (unpaired) electrons. The molecule has 0 aliphatic carbocycles. The standard InChI is InChI=1S/C22H26FN3O3/c1-29-20-8-2-17(3-9-20)16-24-21(27)10-11-22(28)26-14-12-25(13-15-26)19-6-4-18(23)5-7-19/h2-9H,10-16H2,1H3,(H,24,27). The number of nitrogens with one attached hydrogen (secondary N) is 1. The average molecular weight is 399 g/mol. The zero-order valence-electron chi connectivity index (χ0n) is 16.6. The number of amides is 2. The second-order valence-electron chi connectivity index (χ2n) is 6.97. The van der Waals surface area contributed by atoms with E-state index >= 15 is 0 Å². The predicted molar refractivity (Wildman–Crippen MR) is 109 cm³/mol. The number of methoxy groups -OCH3 is 1. The van der Waals surface area contributed by atoms with Gasteiger partial charge in [0.25, 0.3) is 0 Å². The third-order valence-electron chi connectivity index (χ3n) is 5.04. The first-order chi connectivity index (χ1) is 14.0. The minimum Gasteiger partial charge on any atom is -0.497 e. The van der Waals surface area contributed by atoms with Crippen molar-refractivity contribution in [2.24, 2.45) is 0 Å². The maximum absolute atomic E-state index is 13.0. The van der Waals surface area contributed by atoms with Gasteiger partial charge in [0.1, 0.15) is 11.6 Å². The van der Waals surface area contributed by atoms with E-state index in [1.807, 2.05) is 24.3 Å². The molecule has 0 bridgehead atoms. The van der Waals surface area contributed by atoms with Crippen molar-refractivity contribution >= 4 is 17.5 Å². The highest BCUT2D eigenvalue weighted by atomic mass is 19.1. The van der Waals surface area contributed by atoms with Crippen LogP contribution in [0.3, 0.4) is 0 Å². The second kappa shape index (κ2) is 9.91.